The number of likely N-dealkylation sites (N-methyl/N-ethyl adjacent to an activating group) is 1. The molecule has 5 heteroatoms. The average molecular weight is 282 g/mol. The van der Waals surface area contributed by atoms with Crippen LogP contribution in [-0.4, -0.2) is 36.5 Å². The molecule has 1 heterocycles. The molecular weight excluding hydrogens is 262 g/mol. The molecule has 1 atom stereocenters. The summed E-state index contributed by atoms with van der Waals surface area (Å²) in [5, 5.41) is 3.45. The Morgan fingerprint density at radius 1 is 1.58 bits per heavy atom. The first kappa shape index (κ1) is 14.2. The smallest absolute Gasteiger partial charge is 0.251 e. The van der Waals surface area contributed by atoms with Gasteiger partial charge in [-0.25, -0.2) is 0 Å². The molecule has 0 saturated carbocycles. The Morgan fingerprint density at radius 3 is 3.05 bits per heavy atom. The normalized spacial score (nSPS) is 19.6. The quantitative estimate of drug-likeness (QED) is 0.832. The largest absolute Gasteiger partial charge is 0.398 e. The van der Waals surface area contributed by atoms with E-state index in [-0.39, 0.29) is 5.91 Å². The summed E-state index contributed by atoms with van der Waals surface area (Å²) < 4.78 is 0. The van der Waals surface area contributed by atoms with Crippen molar-refractivity contribution in [2.75, 3.05) is 25.4 Å². The number of amides is 1. The molecule has 2 rings (SSSR count). The molecule has 1 aromatic carbocycles. The van der Waals surface area contributed by atoms with E-state index < -0.39 is 0 Å². The Morgan fingerprint density at radius 2 is 2.37 bits per heavy atom. The number of nitrogen functional groups attached to an aromatic ring is 1. The van der Waals surface area contributed by atoms with Crippen LogP contribution in [0.3, 0.4) is 0 Å². The van der Waals surface area contributed by atoms with Gasteiger partial charge in [-0.15, -0.1) is 0 Å². The second kappa shape index (κ2) is 6.26. The first-order valence-electron chi connectivity index (χ1n) is 6.69. The van der Waals surface area contributed by atoms with Gasteiger partial charge in [-0.05, 0) is 44.1 Å². The number of hydrogen-bond acceptors (Lipinski definition) is 3. The number of nitrogens with zero attached hydrogens (tertiary/aromatic N) is 1. The third kappa shape index (κ3) is 3.39. The fourth-order valence-corrected chi connectivity index (χ4v) is 2.66. The van der Waals surface area contributed by atoms with E-state index in [1.165, 1.54) is 6.42 Å². The molecule has 1 aliphatic rings. The van der Waals surface area contributed by atoms with Crippen LogP contribution in [0.25, 0.3) is 0 Å². The number of rotatable bonds is 4. The number of anilines is 1. The second-order valence-corrected chi connectivity index (χ2v) is 5.28. The third-order valence-corrected chi connectivity index (χ3v) is 4.01. The van der Waals surface area contributed by atoms with Crippen LogP contribution in [0, 0.1) is 0 Å². The molecule has 1 saturated heterocycles. The number of benzene rings is 1. The van der Waals surface area contributed by atoms with Crippen molar-refractivity contribution in [2.45, 2.75) is 25.8 Å². The summed E-state index contributed by atoms with van der Waals surface area (Å²) in [5.41, 5.74) is 6.69. The first-order valence-corrected chi connectivity index (χ1v) is 7.07. The van der Waals surface area contributed by atoms with Crippen molar-refractivity contribution >= 4 is 23.2 Å². The standard InChI is InChI=1S/C14H20ClN3O/c1-2-18-7-3-4-11(18)9-17-14(19)10-5-6-12(15)13(16)8-10/h5-6,8,11H,2-4,7,9,16H2,1H3,(H,17,19). The Bertz CT molecular complexity index is 464. The van der Waals surface area contributed by atoms with Crippen molar-refractivity contribution in [3.8, 4) is 0 Å². The van der Waals surface area contributed by atoms with Crippen molar-refractivity contribution in [1.82, 2.24) is 10.2 Å². The summed E-state index contributed by atoms with van der Waals surface area (Å²) in [6, 6.07) is 5.42. The molecule has 104 valence electrons. The van der Waals surface area contributed by atoms with Gasteiger partial charge in [-0.3, -0.25) is 9.69 Å². The lowest BCUT2D eigenvalue weighted by atomic mass is 10.1. The highest BCUT2D eigenvalue weighted by Crippen LogP contribution is 2.20. The van der Waals surface area contributed by atoms with Gasteiger partial charge in [-0.2, -0.15) is 0 Å². The van der Waals surface area contributed by atoms with E-state index in [0.717, 1.165) is 19.5 Å². The highest BCUT2D eigenvalue weighted by Gasteiger charge is 2.23. The van der Waals surface area contributed by atoms with Gasteiger partial charge in [0.25, 0.3) is 5.91 Å². The summed E-state index contributed by atoms with van der Waals surface area (Å²) in [4.78, 5) is 14.4. The predicted octanol–water partition coefficient (Wildman–Crippen LogP) is 2.14. The number of hydrogen-bond donors (Lipinski definition) is 2. The summed E-state index contributed by atoms with van der Waals surface area (Å²) in [5.74, 6) is -0.0914. The Hall–Kier alpha value is -1.26. The highest BCUT2D eigenvalue weighted by molar-refractivity contribution is 6.33. The van der Waals surface area contributed by atoms with Gasteiger partial charge in [0.1, 0.15) is 0 Å². The summed E-state index contributed by atoms with van der Waals surface area (Å²) in [7, 11) is 0. The third-order valence-electron chi connectivity index (χ3n) is 3.66. The average Bonchev–Trinajstić information content (AvgIpc) is 2.86. The lowest BCUT2D eigenvalue weighted by Crippen LogP contribution is -2.40. The van der Waals surface area contributed by atoms with Crippen molar-refractivity contribution in [2.24, 2.45) is 0 Å². The Kier molecular flexibility index (Phi) is 4.66. The molecule has 0 aliphatic carbocycles. The number of nitrogens with two attached hydrogens (primary N) is 1. The van der Waals surface area contributed by atoms with Gasteiger partial charge in [0, 0.05) is 18.2 Å². The van der Waals surface area contributed by atoms with E-state index in [1.807, 2.05) is 0 Å². The number of nitrogens with one attached hydrogen (secondary N) is 1. The maximum Gasteiger partial charge on any atom is 0.251 e. The maximum absolute atomic E-state index is 12.0. The molecule has 0 aromatic heterocycles. The molecule has 4 nitrogen and oxygen atoms in total. The van der Waals surface area contributed by atoms with E-state index in [4.69, 9.17) is 17.3 Å². The van der Waals surface area contributed by atoms with Crippen molar-refractivity contribution in [1.29, 1.82) is 0 Å². The minimum absolute atomic E-state index is 0.0914. The van der Waals surface area contributed by atoms with Crippen LogP contribution in [0.15, 0.2) is 18.2 Å². The SMILES string of the molecule is CCN1CCCC1CNC(=O)c1ccc(Cl)c(N)c1. The summed E-state index contributed by atoms with van der Waals surface area (Å²) >= 11 is 5.84. The van der Waals surface area contributed by atoms with Crippen molar-refractivity contribution in [3.05, 3.63) is 28.8 Å². The molecule has 1 aromatic rings. The van der Waals surface area contributed by atoms with E-state index >= 15 is 0 Å². The van der Waals surface area contributed by atoms with Crippen LogP contribution in [0.5, 0.6) is 0 Å². The molecule has 0 radical (unpaired) electrons. The first-order chi connectivity index (χ1) is 9.11. The zero-order chi connectivity index (χ0) is 13.8. The second-order valence-electron chi connectivity index (χ2n) is 4.87. The minimum atomic E-state index is -0.0914. The lowest BCUT2D eigenvalue weighted by Gasteiger charge is -2.22. The molecule has 1 amide bonds. The number of carbonyl (C=O) groups excluding carboxylic acids is 1. The van der Waals surface area contributed by atoms with Crippen molar-refractivity contribution in [3.63, 3.8) is 0 Å². The molecule has 0 spiro atoms. The fraction of sp³-hybridized carbons (Fsp3) is 0.500. The maximum atomic E-state index is 12.0. The van der Waals surface area contributed by atoms with Crippen LogP contribution in [0.4, 0.5) is 5.69 Å². The van der Waals surface area contributed by atoms with Gasteiger partial charge in [0.05, 0.1) is 10.7 Å². The number of carbonyl (C=O) groups is 1. The van der Waals surface area contributed by atoms with E-state index in [2.05, 4.69) is 17.1 Å². The molecule has 3 N–H and O–H groups in total. The van der Waals surface area contributed by atoms with Crippen LogP contribution in [0.2, 0.25) is 5.02 Å². The topological polar surface area (TPSA) is 58.4 Å². The molecule has 1 fully saturated rings. The molecule has 0 bridgehead atoms. The number of halogens is 1. The van der Waals surface area contributed by atoms with Gasteiger partial charge < -0.3 is 11.1 Å². The van der Waals surface area contributed by atoms with Gasteiger partial charge in [-0.1, -0.05) is 18.5 Å². The highest BCUT2D eigenvalue weighted by atomic mass is 35.5. The summed E-state index contributed by atoms with van der Waals surface area (Å²) in [6.45, 7) is 5.01. The van der Waals surface area contributed by atoms with Crippen LogP contribution < -0.4 is 11.1 Å². The lowest BCUT2D eigenvalue weighted by molar-refractivity contribution is 0.0941. The van der Waals surface area contributed by atoms with Crippen molar-refractivity contribution < 1.29 is 4.79 Å². The molecule has 19 heavy (non-hydrogen) atoms. The Balaban J connectivity index is 1.92. The molecular formula is C14H20ClN3O. The van der Waals surface area contributed by atoms with Crippen LogP contribution >= 0.6 is 11.6 Å². The minimum Gasteiger partial charge on any atom is -0.398 e. The zero-order valence-corrected chi connectivity index (χ0v) is 11.9. The Labute approximate surface area is 118 Å². The predicted molar refractivity (Wildman–Crippen MR) is 78.5 cm³/mol. The molecule has 1 aliphatic heterocycles. The van der Waals surface area contributed by atoms with E-state index in [9.17, 15) is 4.79 Å². The monoisotopic (exact) mass is 281 g/mol. The molecule has 1 unspecified atom stereocenters. The zero-order valence-electron chi connectivity index (χ0n) is 11.2. The van der Waals surface area contributed by atoms with E-state index in [1.54, 1.807) is 18.2 Å². The van der Waals surface area contributed by atoms with Crippen LogP contribution in [-0.2, 0) is 0 Å². The fourth-order valence-electron chi connectivity index (χ4n) is 2.54. The van der Waals surface area contributed by atoms with Gasteiger partial charge in [0.2, 0.25) is 0 Å². The summed E-state index contributed by atoms with van der Waals surface area (Å²) in [6.07, 6.45) is 2.36. The van der Waals surface area contributed by atoms with Gasteiger partial charge in [0.15, 0.2) is 0 Å². The van der Waals surface area contributed by atoms with E-state index in [0.29, 0.717) is 28.9 Å². The van der Waals surface area contributed by atoms with Crippen LogP contribution in [0.1, 0.15) is 30.1 Å². The van der Waals surface area contributed by atoms with Gasteiger partial charge >= 0.3 is 0 Å². The number of likely N-dealkylation sites (tertiary alicyclic amines) is 1.